The molecule has 0 aliphatic carbocycles. The lowest BCUT2D eigenvalue weighted by atomic mass is 9.97. The van der Waals surface area contributed by atoms with Crippen molar-refractivity contribution in [3.63, 3.8) is 0 Å². The van der Waals surface area contributed by atoms with Crippen LogP contribution in [0.3, 0.4) is 0 Å². The summed E-state index contributed by atoms with van der Waals surface area (Å²) in [6.45, 7) is 5.45. The first-order valence-electron chi connectivity index (χ1n) is 6.96. The first kappa shape index (κ1) is 16.4. The maximum atomic E-state index is 11.9. The molecule has 0 aliphatic rings. The van der Waals surface area contributed by atoms with Gasteiger partial charge >= 0.3 is 5.97 Å². The van der Waals surface area contributed by atoms with E-state index >= 15 is 0 Å². The van der Waals surface area contributed by atoms with Crippen molar-refractivity contribution in [1.82, 2.24) is 0 Å². The number of ether oxygens (including phenoxy) is 1. The molecule has 1 atom stereocenters. The Kier molecular flexibility index (Phi) is 6.46. The maximum absolute atomic E-state index is 11.9. The number of aliphatic hydroxyl groups is 1. The van der Waals surface area contributed by atoms with Crippen LogP contribution in [0.5, 0.6) is 0 Å². The van der Waals surface area contributed by atoms with Gasteiger partial charge in [-0.3, -0.25) is 4.79 Å². The van der Waals surface area contributed by atoms with E-state index in [1.807, 2.05) is 39.0 Å². The molecular weight excluding hydrogens is 252 g/mol. The lowest BCUT2D eigenvalue weighted by molar-refractivity contribution is -0.156. The van der Waals surface area contributed by atoms with E-state index in [0.717, 1.165) is 6.42 Å². The summed E-state index contributed by atoms with van der Waals surface area (Å²) in [5.41, 5.74) is 0.694. The molecule has 3 nitrogen and oxygen atoms in total. The zero-order valence-electron chi connectivity index (χ0n) is 12.5. The highest BCUT2D eigenvalue weighted by atomic mass is 16.5. The van der Waals surface area contributed by atoms with Crippen molar-refractivity contribution < 1.29 is 14.6 Å². The van der Waals surface area contributed by atoms with Crippen LogP contribution in [0.15, 0.2) is 42.5 Å². The van der Waals surface area contributed by atoms with Crippen LogP contribution >= 0.6 is 0 Å². The first-order valence-corrected chi connectivity index (χ1v) is 6.96. The second kappa shape index (κ2) is 7.85. The van der Waals surface area contributed by atoms with E-state index in [1.165, 1.54) is 5.56 Å². The van der Waals surface area contributed by atoms with E-state index in [1.54, 1.807) is 12.2 Å². The lowest BCUT2D eigenvalue weighted by Gasteiger charge is -2.21. The van der Waals surface area contributed by atoms with Gasteiger partial charge in [0.15, 0.2) is 0 Å². The highest BCUT2D eigenvalue weighted by Gasteiger charge is 2.25. The summed E-state index contributed by atoms with van der Waals surface area (Å²) in [5, 5.41) is 8.87. The van der Waals surface area contributed by atoms with Gasteiger partial charge in [0.2, 0.25) is 0 Å². The average Bonchev–Trinajstić information content (AvgIpc) is 2.41. The van der Waals surface area contributed by atoms with Gasteiger partial charge in [0.25, 0.3) is 0 Å². The van der Waals surface area contributed by atoms with Crippen molar-refractivity contribution in [1.29, 1.82) is 0 Å². The van der Waals surface area contributed by atoms with E-state index in [9.17, 15) is 4.79 Å². The Morgan fingerprint density at radius 1 is 1.30 bits per heavy atom. The van der Waals surface area contributed by atoms with Gasteiger partial charge in [-0.05, 0) is 45.3 Å². The van der Waals surface area contributed by atoms with E-state index in [4.69, 9.17) is 9.84 Å². The van der Waals surface area contributed by atoms with Gasteiger partial charge in [0.1, 0.15) is 6.10 Å². The zero-order valence-corrected chi connectivity index (χ0v) is 12.5. The van der Waals surface area contributed by atoms with E-state index < -0.39 is 5.41 Å². The van der Waals surface area contributed by atoms with Crippen LogP contribution in [0, 0.1) is 5.41 Å². The Morgan fingerprint density at radius 2 is 1.95 bits per heavy atom. The largest absolute Gasteiger partial charge is 0.458 e. The van der Waals surface area contributed by atoms with Crippen molar-refractivity contribution in [2.24, 2.45) is 5.41 Å². The summed E-state index contributed by atoms with van der Waals surface area (Å²) in [5.74, 6) is -0.224. The van der Waals surface area contributed by atoms with Gasteiger partial charge in [-0.25, -0.2) is 0 Å². The molecule has 0 spiro atoms. The zero-order chi connectivity index (χ0) is 15.0. The molecule has 0 aromatic heterocycles. The summed E-state index contributed by atoms with van der Waals surface area (Å²) < 4.78 is 5.50. The summed E-state index contributed by atoms with van der Waals surface area (Å²) in [7, 11) is 0. The smallest absolute Gasteiger partial charge is 0.311 e. The molecule has 3 heteroatoms. The fraction of sp³-hybridized carbons (Fsp3) is 0.471. The van der Waals surface area contributed by atoms with Crippen molar-refractivity contribution in [3.8, 4) is 0 Å². The fourth-order valence-corrected chi connectivity index (χ4v) is 1.67. The fourth-order valence-electron chi connectivity index (χ4n) is 1.67. The molecule has 20 heavy (non-hydrogen) atoms. The highest BCUT2D eigenvalue weighted by Crippen LogP contribution is 2.18. The van der Waals surface area contributed by atoms with Crippen molar-refractivity contribution in [2.75, 3.05) is 6.61 Å². The van der Waals surface area contributed by atoms with E-state index in [0.29, 0.717) is 6.42 Å². The minimum Gasteiger partial charge on any atom is -0.458 e. The molecule has 1 unspecified atom stereocenters. The van der Waals surface area contributed by atoms with Crippen LogP contribution in [0.2, 0.25) is 0 Å². The number of aliphatic hydroxyl groups excluding tert-OH is 1. The highest BCUT2D eigenvalue weighted by molar-refractivity contribution is 5.75. The molecule has 0 radical (unpaired) electrons. The summed E-state index contributed by atoms with van der Waals surface area (Å²) >= 11 is 0. The monoisotopic (exact) mass is 276 g/mol. The third-order valence-electron chi connectivity index (χ3n) is 2.89. The lowest BCUT2D eigenvalue weighted by Crippen LogP contribution is -2.27. The quantitative estimate of drug-likeness (QED) is 0.641. The molecule has 1 aromatic rings. The Balaban J connectivity index is 2.61. The SMILES string of the molecule is CC(C)(C)C(=O)OC(/C=C/CO)CCc1ccccc1. The van der Waals surface area contributed by atoms with Gasteiger partial charge in [0, 0.05) is 0 Å². The van der Waals surface area contributed by atoms with E-state index in [-0.39, 0.29) is 18.7 Å². The molecule has 1 aromatic carbocycles. The molecule has 0 saturated carbocycles. The van der Waals surface area contributed by atoms with Gasteiger partial charge < -0.3 is 9.84 Å². The molecule has 0 saturated heterocycles. The molecule has 110 valence electrons. The van der Waals surface area contributed by atoms with Gasteiger partial charge in [0.05, 0.1) is 12.0 Å². The van der Waals surface area contributed by atoms with Crippen LogP contribution in [-0.2, 0) is 16.0 Å². The number of benzene rings is 1. The number of carbonyl (C=O) groups excluding carboxylic acids is 1. The number of hydrogen-bond acceptors (Lipinski definition) is 3. The number of rotatable bonds is 6. The predicted octanol–water partition coefficient (Wildman–Crippen LogP) is 3.13. The minimum absolute atomic E-state index is 0.0467. The standard InChI is InChI=1S/C17H24O3/c1-17(2,3)16(19)20-15(10-7-13-18)12-11-14-8-5-4-6-9-14/h4-10,15,18H,11-13H2,1-3H3/b10-7+. The Morgan fingerprint density at radius 3 is 2.50 bits per heavy atom. The summed E-state index contributed by atoms with van der Waals surface area (Å²) in [4.78, 5) is 11.9. The molecule has 0 fully saturated rings. The normalized spacial score (nSPS) is 13.4. The van der Waals surface area contributed by atoms with Gasteiger partial charge in [-0.15, -0.1) is 0 Å². The predicted molar refractivity (Wildman–Crippen MR) is 80.3 cm³/mol. The molecule has 0 amide bonds. The van der Waals surface area contributed by atoms with Crippen LogP contribution < -0.4 is 0 Å². The van der Waals surface area contributed by atoms with Crippen molar-refractivity contribution >= 4 is 5.97 Å². The average molecular weight is 276 g/mol. The van der Waals surface area contributed by atoms with Gasteiger partial charge in [-0.2, -0.15) is 0 Å². The van der Waals surface area contributed by atoms with Crippen LogP contribution in [-0.4, -0.2) is 23.8 Å². The van der Waals surface area contributed by atoms with E-state index in [2.05, 4.69) is 12.1 Å². The van der Waals surface area contributed by atoms with Crippen molar-refractivity contribution in [3.05, 3.63) is 48.0 Å². The maximum Gasteiger partial charge on any atom is 0.311 e. The minimum atomic E-state index is -0.516. The first-order chi connectivity index (χ1) is 9.43. The molecule has 1 rings (SSSR count). The molecule has 0 aliphatic heterocycles. The molecule has 1 N–H and O–H groups in total. The number of aryl methyl sites for hydroxylation is 1. The van der Waals surface area contributed by atoms with Crippen LogP contribution in [0.25, 0.3) is 0 Å². The molecular formula is C17H24O3. The summed E-state index contributed by atoms with van der Waals surface area (Å²) in [6.07, 6.45) is 4.62. The molecule has 0 heterocycles. The third kappa shape index (κ3) is 6.02. The Labute approximate surface area is 121 Å². The van der Waals surface area contributed by atoms with Gasteiger partial charge in [-0.1, -0.05) is 36.4 Å². The Bertz CT molecular complexity index is 429. The third-order valence-corrected chi connectivity index (χ3v) is 2.89. The number of esters is 1. The Hall–Kier alpha value is -1.61. The number of hydrogen-bond donors (Lipinski definition) is 1. The molecule has 0 bridgehead atoms. The van der Waals surface area contributed by atoms with Crippen LogP contribution in [0.1, 0.15) is 32.8 Å². The van der Waals surface area contributed by atoms with Crippen molar-refractivity contribution in [2.45, 2.75) is 39.7 Å². The second-order valence-electron chi connectivity index (χ2n) is 5.83. The summed E-state index contributed by atoms with van der Waals surface area (Å²) in [6, 6.07) is 10.1. The topological polar surface area (TPSA) is 46.5 Å². The van der Waals surface area contributed by atoms with Crippen LogP contribution in [0.4, 0.5) is 0 Å². The number of carbonyl (C=O) groups is 1. The second-order valence-corrected chi connectivity index (χ2v) is 5.83.